The Hall–Kier alpha value is -4.01. The van der Waals surface area contributed by atoms with E-state index in [2.05, 4.69) is 30.8 Å². The molecule has 0 bridgehead atoms. The number of aromatic nitrogens is 3. The van der Waals surface area contributed by atoms with E-state index >= 15 is 0 Å². The lowest BCUT2D eigenvalue weighted by atomic mass is 10.1. The average Bonchev–Trinajstić information content (AvgIpc) is 3.43. The summed E-state index contributed by atoms with van der Waals surface area (Å²) in [5.74, 6) is 0.272. The van der Waals surface area contributed by atoms with E-state index in [0.717, 1.165) is 32.1 Å². The van der Waals surface area contributed by atoms with Gasteiger partial charge in [-0.2, -0.15) is 22.9 Å². The van der Waals surface area contributed by atoms with Crippen molar-refractivity contribution in [1.29, 1.82) is 5.26 Å². The summed E-state index contributed by atoms with van der Waals surface area (Å²) < 4.78 is 45.6. The topological polar surface area (TPSA) is 116 Å². The maximum Gasteiger partial charge on any atom is 0.418 e. The number of hydrogen-bond donors (Lipinski definition) is 3. The van der Waals surface area contributed by atoms with Crippen molar-refractivity contribution >= 4 is 34.6 Å². The number of alkyl halides is 3. The van der Waals surface area contributed by atoms with Crippen molar-refractivity contribution in [2.75, 3.05) is 23.1 Å². The minimum atomic E-state index is -4.67. The van der Waals surface area contributed by atoms with Crippen LogP contribution in [-0.4, -0.2) is 33.8 Å². The lowest BCUT2D eigenvalue weighted by molar-refractivity contribution is -0.136. The maximum atomic E-state index is 13.3. The molecule has 1 aliphatic rings. The molecule has 3 aromatic rings. The van der Waals surface area contributed by atoms with Crippen LogP contribution in [0.4, 0.5) is 40.8 Å². The second-order valence-corrected chi connectivity index (χ2v) is 6.85. The fraction of sp³-hybridized carbons (Fsp3) is 0.263. The van der Waals surface area contributed by atoms with E-state index < -0.39 is 23.5 Å². The first kappa shape index (κ1) is 20.3. The highest BCUT2D eigenvalue weighted by atomic mass is 19.4. The van der Waals surface area contributed by atoms with Crippen LogP contribution in [0.5, 0.6) is 0 Å². The van der Waals surface area contributed by atoms with Gasteiger partial charge in [0.15, 0.2) is 17.2 Å². The molecule has 12 heteroatoms. The normalized spacial score (nSPS) is 13.5. The van der Waals surface area contributed by atoms with Crippen molar-refractivity contribution < 1.29 is 22.7 Å². The van der Waals surface area contributed by atoms with Crippen LogP contribution in [0.15, 0.2) is 30.5 Å². The molecule has 3 N–H and O–H groups in total. The predicted octanol–water partition coefficient (Wildman–Crippen LogP) is 4.12. The zero-order valence-corrected chi connectivity index (χ0v) is 16.1. The van der Waals surface area contributed by atoms with Crippen molar-refractivity contribution in [3.63, 3.8) is 0 Å². The SMILES string of the molecule is COC(=O)Nc1cc(Nc2cc(NC3CC3)c3ncc(C#N)n3n2)ccc1C(F)(F)F. The van der Waals surface area contributed by atoms with Crippen molar-refractivity contribution in [2.45, 2.75) is 25.1 Å². The molecule has 1 amide bonds. The molecule has 0 saturated heterocycles. The number of imidazole rings is 1. The quantitative estimate of drug-likeness (QED) is 0.557. The average molecular weight is 431 g/mol. The van der Waals surface area contributed by atoms with E-state index in [0.29, 0.717) is 17.4 Å². The molecule has 0 unspecified atom stereocenters. The largest absolute Gasteiger partial charge is 0.453 e. The molecule has 1 aliphatic carbocycles. The van der Waals surface area contributed by atoms with Crippen molar-refractivity contribution in [3.05, 3.63) is 41.7 Å². The van der Waals surface area contributed by atoms with Gasteiger partial charge in [0.05, 0.1) is 30.2 Å². The second kappa shape index (κ2) is 7.67. The number of carbonyl (C=O) groups is 1. The van der Waals surface area contributed by atoms with Gasteiger partial charge in [-0.1, -0.05) is 0 Å². The Labute approximate surface area is 173 Å². The number of rotatable bonds is 5. The first-order valence-corrected chi connectivity index (χ1v) is 9.17. The van der Waals surface area contributed by atoms with E-state index in [9.17, 15) is 23.2 Å². The fourth-order valence-electron chi connectivity index (χ4n) is 2.94. The molecule has 1 fully saturated rings. The number of methoxy groups -OCH3 is 1. The van der Waals surface area contributed by atoms with E-state index in [1.807, 2.05) is 6.07 Å². The second-order valence-electron chi connectivity index (χ2n) is 6.85. The van der Waals surface area contributed by atoms with E-state index in [-0.39, 0.29) is 17.2 Å². The summed E-state index contributed by atoms with van der Waals surface area (Å²) in [6.45, 7) is 0. The van der Waals surface area contributed by atoms with Crippen molar-refractivity contribution in [1.82, 2.24) is 14.6 Å². The van der Waals surface area contributed by atoms with E-state index in [1.54, 1.807) is 6.07 Å². The van der Waals surface area contributed by atoms with Crippen LogP contribution in [0.1, 0.15) is 24.1 Å². The third-order valence-electron chi connectivity index (χ3n) is 4.54. The van der Waals surface area contributed by atoms with Crippen LogP contribution in [0, 0.1) is 11.3 Å². The number of anilines is 4. The van der Waals surface area contributed by atoms with E-state index in [4.69, 9.17) is 0 Å². The highest BCUT2D eigenvalue weighted by Crippen LogP contribution is 2.37. The zero-order valence-electron chi connectivity index (χ0n) is 16.1. The van der Waals surface area contributed by atoms with Gasteiger partial charge < -0.3 is 15.4 Å². The molecule has 0 aliphatic heterocycles. The third kappa shape index (κ3) is 4.30. The van der Waals surface area contributed by atoms with Gasteiger partial charge in [-0.15, -0.1) is 5.10 Å². The highest BCUT2D eigenvalue weighted by molar-refractivity contribution is 5.87. The number of hydrogen-bond acceptors (Lipinski definition) is 7. The van der Waals surface area contributed by atoms with Gasteiger partial charge in [0, 0.05) is 17.8 Å². The molecule has 160 valence electrons. The Morgan fingerprint density at radius 3 is 2.71 bits per heavy atom. The van der Waals surface area contributed by atoms with Crippen LogP contribution in [0.25, 0.3) is 5.65 Å². The Balaban J connectivity index is 1.72. The standard InChI is InChI=1S/C19H16F3N7O2/c1-31-18(30)27-14-6-11(4-5-13(14)19(20,21)22)26-16-7-15(25-10-2-3-10)17-24-9-12(8-23)29(17)28-16/h4-7,9-10,25H,2-3H2,1H3,(H,26,28)(H,27,30). The Morgan fingerprint density at radius 1 is 1.29 bits per heavy atom. The van der Waals surface area contributed by atoms with Gasteiger partial charge in [0.2, 0.25) is 0 Å². The molecular weight excluding hydrogens is 415 g/mol. The van der Waals surface area contributed by atoms with Crippen LogP contribution < -0.4 is 16.0 Å². The Bertz CT molecular complexity index is 1200. The lowest BCUT2D eigenvalue weighted by Crippen LogP contribution is -2.16. The summed E-state index contributed by atoms with van der Waals surface area (Å²) in [4.78, 5) is 15.7. The molecule has 0 atom stereocenters. The van der Waals surface area contributed by atoms with Gasteiger partial charge in [0.1, 0.15) is 6.07 Å². The summed E-state index contributed by atoms with van der Waals surface area (Å²) in [5, 5.41) is 21.9. The number of nitriles is 1. The molecule has 0 spiro atoms. The molecule has 31 heavy (non-hydrogen) atoms. The minimum Gasteiger partial charge on any atom is -0.453 e. The molecule has 0 radical (unpaired) electrons. The van der Waals surface area contributed by atoms with Gasteiger partial charge in [-0.05, 0) is 31.0 Å². The lowest BCUT2D eigenvalue weighted by Gasteiger charge is -2.16. The number of nitrogens with zero attached hydrogens (tertiary/aromatic N) is 4. The smallest absolute Gasteiger partial charge is 0.418 e. The van der Waals surface area contributed by atoms with Crippen LogP contribution >= 0.6 is 0 Å². The summed E-state index contributed by atoms with van der Waals surface area (Å²) in [6.07, 6.45) is -2.31. The van der Waals surface area contributed by atoms with Gasteiger partial charge in [0.25, 0.3) is 0 Å². The molecule has 4 rings (SSSR count). The maximum absolute atomic E-state index is 13.3. The molecule has 1 saturated carbocycles. The van der Waals surface area contributed by atoms with Crippen LogP contribution in [0.3, 0.4) is 0 Å². The zero-order chi connectivity index (χ0) is 22.2. The molecule has 2 aromatic heterocycles. The molecule has 2 heterocycles. The first-order valence-electron chi connectivity index (χ1n) is 9.17. The number of nitrogens with one attached hydrogen (secondary N) is 3. The first-order chi connectivity index (χ1) is 14.8. The van der Waals surface area contributed by atoms with Crippen LogP contribution in [0.2, 0.25) is 0 Å². The van der Waals surface area contributed by atoms with E-state index in [1.165, 1.54) is 16.8 Å². The highest BCUT2D eigenvalue weighted by Gasteiger charge is 2.34. The third-order valence-corrected chi connectivity index (χ3v) is 4.54. The molecule has 1 aromatic carbocycles. The van der Waals surface area contributed by atoms with Crippen LogP contribution in [-0.2, 0) is 10.9 Å². The summed E-state index contributed by atoms with van der Waals surface area (Å²) in [7, 11) is 1.05. The van der Waals surface area contributed by atoms with Crippen molar-refractivity contribution in [3.8, 4) is 6.07 Å². The van der Waals surface area contributed by atoms with Gasteiger partial charge in [-0.25, -0.2) is 9.78 Å². The molecular formula is C19H16F3N7O2. The Morgan fingerprint density at radius 2 is 2.06 bits per heavy atom. The van der Waals surface area contributed by atoms with Crippen molar-refractivity contribution in [2.24, 2.45) is 0 Å². The molecule has 9 nitrogen and oxygen atoms in total. The fourth-order valence-corrected chi connectivity index (χ4v) is 2.94. The number of fused-ring (bicyclic) bond motifs is 1. The van der Waals surface area contributed by atoms with Gasteiger partial charge >= 0.3 is 12.3 Å². The minimum absolute atomic E-state index is 0.206. The summed E-state index contributed by atoms with van der Waals surface area (Å²) in [6, 6.07) is 7.13. The monoisotopic (exact) mass is 431 g/mol. The predicted molar refractivity (Wildman–Crippen MR) is 105 cm³/mol. The number of ether oxygens (including phenoxy) is 1. The van der Waals surface area contributed by atoms with Gasteiger partial charge in [-0.3, -0.25) is 5.32 Å². The number of carbonyl (C=O) groups excluding carboxylic acids is 1. The number of benzene rings is 1. The Kier molecular flexibility index (Phi) is 5.02. The summed E-state index contributed by atoms with van der Waals surface area (Å²) >= 11 is 0. The number of amides is 1. The number of halogens is 3. The summed E-state index contributed by atoms with van der Waals surface area (Å²) in [5.41, 5.74) is 0.0578.